The van der Waals surface area contributed by atoms with Crippen molar-refractivity contribution in [2.45, 2.75) is 34.1 Å². The zero-order valence-corrected chi connectivity index (χ0v) is 7.52. The minimum atomic E-state index is 0.682. The lowest BCUT2D eigenvalue weighted by Crippen LogP contribution is -1.86. The van der Waals surface area contributed by atoms with Crippen molar-refractivity contribution in [2.75, 3.05) is 0 Å². The molecule has 0 fully saturated rings. The van der Waals surface area contributed by atoms with Crippen LogP contribution in [0.4, 0.5) is 0 Å². The first-order chi connectivity index (χ1) is 4.68. The summed E-state index contributed by atoms with van der Waals surface area (Å²) in [7, 11) is 0. The maximum Gasteiger partial charge on any atom is -0.0260 e. The van der Waals surface area contributed by atoms with Gasteiger partial charge in [0.05, 0.1) is 0 Å². The number of hydrogen-bond acceptors (Lipinski definition) is 0. The standard InChI is InChI=1S/C10H18/c1-5-6-7-8-10(4)9(2)3/h6-9H,5H2,1-4H3/b7-6-,10-8+. The normalized spacial score (nSPS) is 13.5. The van der Waals surface area contributed by atoms with E-state index in [9.17, 15) is 0 Å². The van der Waals surface area contributed by atoms with E-state index in [0.29, 0.717) is 5.92 Å². The average Bonchev–Trinajstić information content (AvgIpc) is 1.88. The van der Waals surface area contributed by atoms with E-state index in [1.807, 2.05) is 0 Å². The van der Waals surface area contributed by atoms with Crippen molar-refractivity contribution < 1.29 is 0 Å². The van der Waals surface area contributed by atoms with Crippen LogP contribution in [0.2, 0.25) is 0 Å². The van der Waals surface area contributed by atoms with E-state index in [0.717, 1.165) is 6.42 Å². The molecule has 0 heterocycles. The zero-order chi connectivity index (χ0) is 7.98. The molecule has 0 N–H and O–H groups in total. The van der Waals surface area contributed by atoms with Crippen LogP contribution in [0.15, 0.2) is 23.8 Å². The van der Waals surface area contributed by atoms with Crippen molar-refractivity contribution in [1.29, 1.82) is 0 Å². The lowest BCUT2D eigenvalue weighted by Gasteiger charge is -2.01. The number of hydrogen-bond donors (Lipinski definition) is 0. The van der Waals surface area contributed by atoms with Gasteiger partial charge in [-0.15, -0.1) is 0 Å². The second-order valence-electron chi connectivity index (χ2n) is 2.90. The molecular formula is C10H18. The quantitative estimate of drug-likeness (QED) is 0.523. The molecule has 0 aromatic heterocycles. The minimum absolute atomic E-state index is 0.682. The van der Waals surface area contributed by atoms with E-state index in [4.69, 9.17) is 0 Å². The smallest absolute Gasteiger partial charge is 0.0260 e. The second-order valence-corrected chi connectivity index (χ2v) is 2.90. The van der Waals surface area contributed by atoms with Gasteiger partial charge in [-0.2, -0.15) is 0 Å². The van der Waals surface area contributed by atoms with Crippen LogP contribution in [0, 0.1) is 5.92 Å². The van der Waals surface area contributed by atoms with Crippen LogP contribution in [0.25, 0.3) is 0 Å². The number of rotatable bonds is 3. The third-order valence-electron chi connectivity index (χ3n) is 1.64. The summed E-state index contributed by atoms with van der Waals surface area (Å²) in [6.45, 7) is 8.75. The predicted molar refractivity (Wildman–Crippen MR) is 48.0 cm³/mol. The first-order valence-electron chi connectivity index (χ1n) is 4.01. The molecule has 58 valence electrons. The molecule has 0 aliphatic rings. The molecule has 0 heteroatoms. The van der Waals surface area contributed by atoms with Crippen LogP contribution in [0.3, 0.4) is 0 Å². The van der Waals surface area contributed by atoms with E-state index >= 15 is 0 Å². The summed E-state index contributed by atoms with van der Waals surface area (Å²) in [6, 6.07) is 0. The third kappa shape index (κ3) is 4.37. The molecule has 0 aliphatic heterocycles. The molecule has 10 heavy (non-hydrogen) atoms. The van der Waals surface area contributed by atoms with Crippen molar-refractivity contribution in [3.8, 4) is 0 Å². The maximum absolute atomic E-state index is 2.21. The monoisotopic (exact) mass is 138 g/mol. The minimum Gasteiger partial charge on any atom is -0.0848 e. The van der Waals surface area contributed by atoms with E-state index in [2.05, 4.69) is 45.9 Å². The van der Waals surface area contributed by atoms with Crippen molar-refractivity contribution in [1.82, 2.24) is 0 Å². The van der Waals surface area contributed by atoms with Gasteiger partial charge in [0.1, 0.15) is 0 Å². The Kier molecular flexibility index (Phi) is 5.00. The fraction of sp³-hybridized carbons (Fsp3) is 0.600. The molecule has 0 rings (SSSR count). The summed E-state index contributed by atoms with van der Waals surface area (Å²) in [6.07, 6.45) is 7.62. The van der Waals surface area contributed by atoms with Crippen LogP contribution < -0.4 is 0 Å². The highest BCUT2D eigenvalue weighted by Gasteiger charge is 1.91. The molecule has 0 aromatic rings. The maximum atomic E-state index is 2.21. The highest BCUT2D eigenvalue weighted by atomic mass is 14.0. The van der Waals surface area contributed by atoms with Crippen LogP contribution in [-0.4, -0.2) is 0 Å². The molecular weight excluding hydrogens is 120 g/mol. The van der Waals surface area contributed by atoms with Gasteiger partial charge in [-0.1, -0.05) is 44.6 Å². The van der Waals surface area contributed by atoms with Crippen molar-refractivity contribution >= 4 is 0 Å². The van der Waals surface area contributed by atoms with Crippen molar-refractivity contribution in [3.63, 3.8) is 0 Å². The molecule has 0 atom stereocenters. The lowest BCUT2D eigenvalue weighted by atomic mass is 10.1. The first kappa shape index (κ1) is 9.48. The molecule has 0 saturated heterocycles. The van der Waals surface area contributed by atoms with Gasteiger partial charge in [-0.05, 0) is 19.3 Å². The summed E-state index contributed by atoms with van der Waals surface area (Å²) in [5, 5.41) is 0. The summed E-state index contributed by atoms with van der Waals surface area (Å²) in [5.74, 6) is 0.682. The molecule has 0 radical (unpaired) electrons. The summed E-state index contributed by atoms with van der Waals surface area (Å²) >= 11 is 0. The largest absolute Gasteiger partial charge is 0.0848 e. The Balaban J connectivity index is 3.79. The summed E-state index contributed by atoms with van der Waals surface area (Å²) in [4.78, 5) is 0. The molecule has 0 bridgehead atoms. The van der Waals surface area contributed by atoms with Gasteiger partial charge < -0.3 is 0 Å². The van der Waals surface area contributed by atoms with Gasteiger partial charge in [0, 0.05) is 0 Å². The van der Waals surface area contributed by atoms with Gasteiger partial charge in [0.25, 0.3) is 0 Å². The molecule has 0 spiro atoms. The topological polar surface area (TPSA) is 0 Å². The van der Waals surface area contributed by atoms with Crippen LogP contribution in [0.5, 0.6) is 0 Å². The van der Waals surface area contributed by atoms with Crippen molar-refractivity contribution in [3.05, 3.63) is 23.8 Å². The second kappa shape index (κ2) is 5.28. The zero-order valence-electron chi connectivity index (χ0n) is 7.52. The Morgan fingerprint density at radius 2 is 2.00 bits per heavy atom. The van der Waals surface area contributed by atoms with Gasteiger partial charge >= 0.3 is 0 Å². The highest BCUT2D eigenvalue weighted by molar-refractivity contribution is 5.11. The van der Waals surface area contributed by atoms with Gasteiger partial charge in [-0.25, -0.2) is 0 Å². The van der Waals surface area contributed by atoms with Crippen LogP contribution >= 0.6 is 0 Å². The van der Waals surface area contributed by atoms with Crippen LogP contribution in [-0.2, 0) is 0 Å². The Bertz CT molecular complexity index is 127. The van der Waals surface area contributed by atoms with Gasteiger partial charge in [0.2, 0.25) is 0 Å². The predicted octanol–water partition coefficient (Wildman–Crippen LogP) is 3.55. The SMILES string of the molecule is CC/C=C\C=C(/C)C(C)C. The summed E-state index contributed by atoms with van der Waals surface area (Å²) in [5.41, 5.74) is 1.45. The lowest BCUT2D eigenvalue weighted by molar-refractivity contribution is 0.769. The molecule has 0 aromatic carbocycles. The van der Waals surface area contributed by atoms with Gasteiger partial charge in [-0.3, -0.25) is 0 Å². The van der Waals surface area contributed by atoms with E-state index in [1.165, 1.54) is 5.57 Å². The molecule has 0 amide bonds. The fourth-order valence-corrected chi connectivity index (χ4v) is 0.548. The molecule has 0 aliphatic carbocycles. The average molecular weight is 138 g/mol. The van der Waals surface area contributed by atoms with Crippen molar-refractivity contribution in [2.24, 2.45) is 5.92 Å². The third-order valence-corrected chi connectivity index (χ3v) is 1.64. The van der Waals surface area contributed by atoms with E-state index < -0.39 is 0 Å². The fourth-order valence-electron chi connectivity index (χ4n) is 0.548. The van der Waals surface area contributed by atoms with Crippen LogP contribution in [0.1, 0.15) is 34.1 Å². The first-order valence-corrected chi connectivity index (χ1v) is 4.01. The molecule has 0 unspecified atom stereocenters. The molecule has 0 saturated carbocycles. The summed E-state index contributed by atoms with van der Waals surface area (Å²) < 4.78 is 0. The van der Waals surface area contributed by atoms with E-state index in [-0.39, 0.29) is 0 Å². The van der Waals surface area contributed by atoms with E-state index in [1.54, 1.807) is 0 Å². The molecule has 0 nitrogen and oxygen atoms in total. The Morgan fingerprint density at radius 3 is 2.40 bits per heavy atom. The Labute approximate surface area is 64.6 Å². The Morgan fingerprint density at radius 1 is 1.40 bits per heavy atom. The van der Waals surface area contributed by atoms with Gasteiger partial charge in [0.15, 0.2) is 0 Å². The highest BCUT2D eigenvalue weighted by Crippen LogP contribution is 2.07. The number of allylic oxidation sites excluding steroid dienone is 4. The Hall–Kier alpha value is -0.520.